The van der Waals surface area contributed by atoms with E-state index in [1.54, 1.807) is 13.4 Å². The molecule has 25 heavy (non-hydrogen) atoms. The van der Waals surface area contributed by atoms with Gasteiger partial charge >= 0.3 is 0 Å². The van der Waals surface area contributed by atoms with Crippen LogP contribution >= 0.6 is 0 Å². The highest BCUT2D eigenvalue weighted by atomic mass is 16.5. The first kappa shape index (κ1) is 17.5. The summed E-state index contributed by atoms with van der Waals surface area (Å²) in [6.45, 7) is 5.45. The molecule has 1 saturated heterocycles. The molecule has 3 rings (SSSR count). The van der Waals surface area contributed by atoms with Crippen molar-refractivity contribution in [3.8, 4) is 5.75 Å². The summed E-state index contributed by atoms with van der Waals surface area (Å²) in [6, 6.07) is 10.6. The van der Waals surface area contributed by atoms with Crippen molar-refractivity contribution in [2.75, 3.05) is 43.6 Å². The van der Waals surface area contributed by atoms with Gasteiger partial charge in [-0.3, -0.25) is 0 Å². The predicted octanol–water partition coefficient (Wildman–Crippen LogP) is 2.76. The molecular weight excluding hydrogens is 316 g/mol. The average molecular weight is 342 g/mol. The molecule has 0 radical (unpaired) electrons. The number of hydrogen-bond donors (Lipinski definition) is 1. The summed E-state index contributed by atoms with van der Waals surface area (Å²) in [6.07, 6.45) is 3.67. The molecule has 1 atom stereocenters. The van der Waals surface area contributed by atoms with Crippen molar-refractivity contribution in [1.29, 1.82) is 0 Å². The second kappa shape index (κ2) is 8.67. The van der Waals surface area contributed by atoms with Crippen LogP contribution in [-0.4, -0.2) is 49.4 Å². The normalized spacial score (nSPS) is 15.7. The fourth-order valence-electron chi connectivity index (χ4n) is 2.89. The monoisotopic (exact) mass is 342 g/mol. The van der Waals surface area contributed by atoms with Gasteiger partial charge in [-0.1, -0.05) is 12.1 Å². The van der Waals surface area contributed by atoms with Crippen LogP contribution in [0.4, 0.5) is 11.6 Å². The summed E-state index contributed by atoms with van der Waals surface area (Å²) in [5, 5.41) is 3.48. The highest BCUT2D eigenvalue weighted by molar-refractivity contribution is 5.49. The molecule has 6 nitrogen and oxygen atoms in total. The number of methoxy groups -OCH3 is 1. The molecule has 1 aromatic carbocycles. The van der Waals surface area contributed by atoms with Gasteiger partial charge in [0.15, 0.2) is 0 Å². The van der Waals surface area contributed by atoms with Crippen molar-refractivity contribution in [3.05, 3.63) is 42.2 Å². The zero-order valence-corrected chi connectivity index (χ0v) is 14.9. The molecule has 2 heterocycles. The van der Waals surface area contributed by atoms with Gasteiger partial charge in [0, 0.05) is 25.2 Å². The van der Waals surface area contributed by atoms with Gasteiger partial charge < -0.3 is 19.7 Å². The maximum atomic E-state index is 5.40. The zero-order valence-electron chi connectivity index (χ0n) is 14.9. The van der Waals surface area contributed by atoms with Gasteiger partial charge in [-0.2, -0.15) is 0 Å². The highest BCUT2D eigenvalue weighted by Gasteiger charge is 2.13. The number of rotatable bonds is 7. The molecule has 0 bridgehead atoms. The van der Waals surface area contributed by atoms with E-state index in [1.807, 2.05) is 18.2 Å². The largest absolute Gasteiger partial charge is 0.497 e. The molecule has 1 aliphatic heterocycles. The minimum Gasteiger partial charge on any atom is -0.497 e. The number of nitrogens with one attached hydrogen (secondary N) is 1. The number of ether oxygens (including phenoxy) is 2. The Kier molecular flexibility index (Phi) is 6.06. The minimum atomic E-state index is 0.328. The van der Waals surface area contributed by atoms with Crippen LogP contribution < -0.4 is 15.0 Å². The van der Waals surface area contributed by atoms with Crippen LogP contribution in [0.25, 0.3) is 0 Å². The smallest absolute Gasteiger partial charge is 0.134 e. The van der Waals surface area contributed by atoms with Crippen LogP contribution in [0.5, 0.6) is 5.75 Å². The molecule has 1 fully saturated rings. The van der Waals surface area contributed by atoms with Crippen molar-refractivity contribution in [2.24, 2.45) is 0 Å². The average Bonchev–Trinajstić information content (AvgIpc) is 2.68. The summed E-state index contributed by atoms with van der Waals surface area (Å²) in [7, 11) is 1.69. The van der Waals surface area contributed by atoms with Crippen molar-refractivity contribution in [2.45, 2.75) is 25.8 Å². The lowest BCUT2D eigenvalue weighted by Crippen LogP contribution is -2.36. The van der Waals surface area contributed by atoms with Gasteiger partial charge in [-0.05, 0) is 37.5 Å². The van der Waals surface area contributed by atoms with Gasteiger partial charge in [0.2, 0.25) is 0 Å². The van der Waals surface area contributed by atoms with Crippen LogP contribution in [0.1, 0.15) is 18.9 Å². The molecule has 1 aliphatic rings. The summed E-state index contributed by atoms with van der Waals surface area (Å²) >= 11 is 0. The molecule has 1 unspecified atom stereocenters. The Morgan fingerprint density at radius 3 is 2.68 bits per heavy atom. The number of morpholine rings is 1. The van der Waals surface area contributed by atoms with Crippen LogP contribution in [0.3, 0.4) is 0 Å². The lowest BCUT2D eigenvalue weighted by molar-refractivity contribution is 0.122. The zero-order chi connectivity index (χ0) is 17.5. The Bertz CT molecular complexity index is 657. The van der Waals surface area contributed by atoms with Crippen molar-refractivity contribution in [1.82, 2.24) is 9.97 Å². The van der Waals surface area contributed by atoms with E-state index in [9.17, 15) is 0 Å². The lowest BCUT2D eigenvalue weighted by atomic mass is 10.1. The first-order valence-corrected chi connectivity index (χ1v) is 8.79. The van der Waals surface area contributed by atoms with E-state index in [1.165, 1.54) is 5.56 Å². The Morgan fingerprint density at radius 1 is 1.20 bits per heavy atom. The third-order valence-electron chi connectivity index (χ3n) is 4.41. The topological polar surface area (TPSA) is 59.5 Å². The molecule has 0 aliphatic carbocycles. The molecule has 2 aromatic rings. The maximum absolute atomic E-state index is 5.40. The summed E-state index contributed by atoms with van der Waals surface area (Å²) < 4.78 is 10.6. The Labute approximate surface area is 149 Å². The number of nitrogens with zero attached hydrogens (tertiary/aromatic N) is 3. The molecular formula is C19H26N4O2. The van der Waals surface area contributed by atoms with E-state index < -0.39 is 0 Å². The summed E-state index contributed by atoms with van der Waals surface area (Å²) in [5.41, 5.74) is 1.31. The van der Waals surface area contributed by atoms with Gasteiger partial charge in [-0.25, -0.2) is 9.97 Å². The Morgan fingerprint density at radius 2 is 1.96 bits per heavy atom. The summed E-state index contributed by atoms with van der Waals surface area (Å²) in [4.78, 5) is 11.0. The van der Waals surface area contributed by atoms with Crippen LogP contribution in [0.2, 0.25) is 0 Å². The van der Waals surface area contributed by atoms with Gasteiger partial charge in [0.05, 0.1) is 20.3 Å². The second-order valence-corrected chi connectivity index (χ2v) is 6.29. The highest BCUT2D eigenvalue weighted by Crippen LogP contribution is 2.18. The van der Waals surface area contributed by atoms with Crippen molar-refractivity contribution in [3.63, 3.8) is 0 Å². The third kappa shape index (κ3) is 5.06. The lowest BCUT2D eigenvalue weighted by Gasteiger charge is -2.28. The second-order valence-electron chi connectivity index (χ2n) is 6.29. The quantitative estimate of drug-likeness (QED) is 0.835. The minimum absolute atomic E-state index is 0.328. The van der Waals surface area contributed by atoms with E-state index in [-0.39, 0.29) is 0 Å². The predicted molar refractivity (Wildman–Crippen MR) is 99.5 cm³/mol. The van der Waals surface area contributed by atoms with Crippen LogP contribution in [0, 0.1) is 0 Å². The number of benzene rings is 1. The van der Waals surface area contributed by atoms with Crippen LogP contribution in [0.15, 0.2) is 36.7 Å². The van der Waals surface area contributed by atoms with Crippen LogP contribution in [-0.2, 0) is 11.2 Å². The number of anilines is 2. The fourth-order valence-corrected chi connectivity index (χ4v) is 2.89. The number of aromatic nitrogens is 2. The van der Waals surface area contributed by atoms with Gasteiger partial charge in [-0.15, -0.1) is 0 Å². The van der Waals surface area contributed by atoms with Gasteiger partial charge in [0.1, 0.15) is 23.7 Å². The van der Waals surface area contributed by atoms with E-state index >= 15 is 0 Å². The SMILES string of the molecule is COc1ccc(CCC(C)Nc2cc(N3CCOCC3)ncn2)cc1. The summed E-state index contributed by atoms with van der Waals surface area (Å²) in [5.74, 6) is 2.73. The molecule has 0 amide bonds. The molecule has 6 heteroatoms. The molecule has 1 N–H and O–H groups in total. The maximum Gasteiger partial charge on any atom is 0.134 e. The first-order chi connectivity index (χ1) is 12.2. The number of hydrogen-bond acceptors (Lipinski definition) is 6. The van der Waals surface area contributed by atoms with E-state index in [2.05, 4.69) is 39.2 Å². The van der Waals surface area contributed by atoms with E-state index in [4.69, 9.17) is 9.47 Å². The van der Waals surface area contributed by atoms with Crippen molar-refractivity contribution >= 4 is 11.6 Å². The van der Waals surface area contributed by atoms with E-state index in [0.29, 0.717) is 6.04 Å². The fraction of sp³-hybridized carbons (Fsp3) is 0.474. The third-order valence-corrected chi connectivity index (χ3v) is 4.41. The Hall–Kier alpha value is -2.34. The molecule has 0 saturated carbocycles. The standard InChI is InChI=1S/C19H26N4O2/c1-15(3-4-16-5-7-17(24-2)8-6-16)22-18-13-19(21-14-20-18)23-9-11-25-12-10-23/h5-8,13-15H,3-4,9-12H2,1-2H3,(H,20,21,22). The van der Waals surface area contributed by atoms with Crippen molar-refractivity contribution < 1.29 is 9.47 Å². The van der Waals surface area contributed by atoms with Gasteiger partial charge in [0.25, 0.3) is 0 Å². The van der Waals surface area contributed by atoms with E-state index in [0.717, 1.165) is 56.5 Å². The number of aryl methyl sites for hydroxylation is 1. The Balaban J connectivity index is 1.52. The first-order valence-electron chi connectivity index (χ1n) is 8.79. The molecule has 134 valence electrons. The molecule has 1 aromatic heterocycles. The molecule has 0 spiro atoms.